The molecule has 0 atom stereocenters. The number of benzene rings is 10. The first kappa shape index (κ1) is 35.6. The molecule has 0 aliphatic heterocycles. The van der Waals surface area contributed by atoms with Gasteiger partial charge in [0, 0.05) is 37.1 Å². The molecule has 2 heteroatoms. The molecule has 11 aromatic rings. The minimum absolute atomic E-state index is 1.09. The van der Waals surface area contributed by atoms with E-state index < -0.39 is 0 Å². The Morgan fingerprint density at radius 3 is 1.57 bits per heavy atom. The summed E-state index contributed by atoms with van der Waals surface area (Å²) in [5, 5.41) is 5.14. The standard InChI is InChI=1S/C58H39NS/c1-2-12-40(13-3-1)42-24-27-45(28-25-42)52-18-6-8-22-56(52)59(51-36-32-44(33-37-51)48-29-26-41-14-4-5-15-46(41)38-48)50-34-30-43(31-35-50)47-16-10-17-49(39-47)53-20-11-21-55-54-19-7-9-23-57(54)60-58(53)55/h1-39H. The number of nitrogens with zero attached hydrogens (tertiary/aromatic N) is 1. The molecule has 282 valence electrons. The zero-order chi connectivity index (χ0) is 39.8. The van der Waals surface area contributed by atoms with Crippen LogP contribution >= 0.6 is 11.3 Å². The highest BCUT2D eigenvalue weighted by Gasteiger charge is 2.18. The summed E-state index contributed by atoms with van der Waals surface area (Å²) in [6, 6.07) is 86.1. The van der Waals surface area contributed by atoms with Crippen molar-refractivity contribution in [1.29, 1.82) is 0 Å². The van der Waals surface area contributed by atoms with Gasteiger partial charge in [0.05, 0.1) is 5.69 Å². The number of para-hydroxylation sites is 1. The number of hydrogen-bond acceptors (Lipinski definition) is 2. The maximum atomic E-state index is 2.40. The minimum Gasteiger partial charge on any atom is -0.310 e. The molecule has 11 rings (SSSR count). The van der Waals surface area contributed by atoms with Crippen LogP contribution < -0.4 is 4.90 Å². The molecular weight excluding hydrogens is 743 g/mol. The van der Waals surface area contributed by atoms with Gasteiger partial charge in [-0.2, -0.15) is 0 Å². The van der Waals surface area contributed by atoms with Crippen molar-refractivity contribution in [3.05, 3.63) is 237 Å². The second-order valence-corrected chi connectivity index (χ2v) is 16.4. The summed E-state index contributed by atoms with van der Waals surface area (Å²) in [7, 11) is 0. The molecule has 60 heavy (non-hydrogen) atoms. The van der Waals surface area contributed by atoms with Crippen LogP contribution in [-0.4, -0.2) is 0 Å². The maximum Gasteiger partial charge on any atom is 0.0540 e. The van der Waals surface area contributed by atoms with E-state index in [9.17, 15) is 0 Å². The minimum atomic E-state index is 1.09. The Balaban J connectivity index is 0.981. The normalized spacial score (nSPS) is 11.3. The predicted molar refractivity (Wildman–Crippen MR) is 259 cm³/mol. The third kappa shape index (κ3) is 6.63. The first-order chi connectivity index (χ1) is 29.7. The molecule has 1 nitrogen and oxygen atoms in total. The molecule has 0 fully saturated rings. The summed E-state index contributed by atoms with van der Waals surface area (Å²) in [5.74, 6) is 0. The Bertz CT molecular complexity index is 3290. The molecule has 0 unspecified atom stereocenters. The average Bonchev–Trinajstić information content (AvgIpc) is 3.72. The van der Waals surface area contributed by atoms with Gasteiger partial charge in [-0.15, -0.1) is 11.3 Å². The number of hydrogen-bond donors (Lipinski definition) is 0. The fraction of sp³-hybridized carbons (Fsp3) is 0. The highest BCUT2D eigenvalue weighted by atomic mass is 32.1. The lowest BCUT2D eigenvalue weighted by Gasteiger charge is -2.28. The van der Waals surface area contributed by atoms with Crippen LogP contribution in [-0.2, 0) is 0 Å². The second-order valence-electron chi connectivity index (χ2n) is 15.3. The Hall–Kier alpha value is -7.52. The van der Waals surface area contributed by atoms with Crippen LogP contribution in [0.5, 0.6) is 0 Å². The molecule has 10 aromatic carbocycles. The highest BCUT2D eigenvalue weighted by molar-refractivity contribution is 7.26. The van der Waals surface area contributed by atoms with Crippen LogP contribution in [0.3, 0.4) is 0 Å². The topological polar surface area (TPSA) is 3.24 Å². The van der Waals surface area contributed by atoms with Gasteiger partial charge in [0.2, 0.25) is 0 Å². The van der Waals surface area contributed by atoms with Gasteiger partial charge in [0.1, 0.15) is 0 Å². The van der Waals surface area contributed by atoms with Crippen LogP contribution in [0.25, 0.3) is 86.6 Å². The summed E-state index contributed by atoms with van der Waals surface area (Å²) in [5.41, 5.74) is 15.4. The zero-order valence-electron chi connectivity index (χ0n) is 32.9. The van der Waals surface area contributed by atoms with E-state index in [1.807, 2.05) is 11.3 Å². The van der Waals surface area contributed by atoms with Gasteiger partial charge in [0.15, 0.2) is 0 Å². The van der Waals surface area contributed by atoms with Gasteiger partial charge < -0.3 is 4.90 Å². The summed E-state index contributed by atoms with van der Waals surface area (Å²) < 4.78 is 2.66. The molecule has 0 amide bonds. The Morgan fingerprint density at radius 1 is 0.283 bits per heavy atom. The van der Waals surface area contributed by atoms with Crippen molar-refractivity contribution in [3.63, 3.8) is 0 Å². The quantitative estimate of drug-likeness (QED) is 0.148. The van der Waals surface area contributed by atoms with Gasteiger partial charge >= 0.3 is 0 Å². The van der Waals surface area contributed by atoms with E-state index >= 15 is 0 Å². The lowest BCUT2D eigenvalue weighted by atomic mass is 9.97. The van der Waals surface area contributed by atoms with E-state index in [1.165, 1.54) is 86.6 Å². The molecule has 0 saturated carbocycles. The lowest BCUT2D eigenvalue weighted by Crippen LogP contribution is -2.11. The first-order valence-electron chi connectivity index (χ1n) is 20.5. The molecule has 0 aliphatic rings. The van der Waals surface area contributed by atoms with Crippen LogP contribution in [0.4, 0.5) is 17.1 Å². The first-order valence-corrected chi connectivity index (χ1v) is 21.3. The predicted octanol–water partition coefficient (Wildman–Crippen LogP) is 17.0. The Labute approximate surface area is 354 Å². The second kappa shape index (κ2) is 15.3. The van der Waals surface area contributed by atoms with Crippen molar-refractivity contribution in [2.75, 3.05) is 4.90 Å². The van der Waals surface area contributed by atoms with Gasteiger partial charge in [-0.3, -0.25) is 0 Å². The van der Waals surface area contributed by atoms with Crippen LogP contribution in [0.1, 0.15) is 0 Å². The van der Waals surface area contributed by atoms with Gasteiger partial charge in [0.25, 0.3) is 0 Å². The van der Waals surface area contributed by atoms with E-state index in [-0.39, 0.29) is 0 Å². The summed E-state index contributed by atoms with van der Waals surface area (Å²) >= 11 is 1.88. The van der Waals surface area contributed by atoms with Crippen molar-refractivity contribution in [1.82, 2.24) is 0 Å². The SMILES string of the molecule is c1ccc(-c2ccc(-c3ccccc3N(c3ccc(-c4cccc(-c5cccc6c5sc5ccccc56)c4)cc3)c3ccc(-c4ccc5ccccc5c4)cc3)cc2)cc1. The molecule has 1 heterocycles. The van der Waals surface area contributed by atoms with Crippen molar-refractivity contribution < 1.29 is 0 Å². The number of thiophene rings is 1. The molecule has 0 bridgehead atoms. The summed E-state index contributed by atoms with van der Waals surface area (Å²) in [4.78, 5) is 2.40. The number of fused-ring (bicyclic) bond motifs is 4. The van der Waals surface area contributed by atoms with Gasteiger partial charge in [-0.1, -0.05) is 188 Å². The smallest absolute Gasteiger partial charge is 0.0540 e. The van der Waals surface area contributed by atoms with E-state index in [4.69, 9.17) is 0 Å². The molecule has 0 saturated heterocycles. The van der Waals surface area contributed by atoms with E-state index in [0.717, 1.165) is 17.1 Å². The largest absolute Gasteiger partial charge is 0.310 e. The van der Waals surface area contributed by atoms with E-state index in [1.54, 1.807) is 0 Å². The highest BCUT2D eigenvalue weighted by Crippen LogP contribution is 2.44. The molecule has 0 radical (unpaired) electrons. The zero-order valence-corrected chi connectivity index (χ0v) is 33.7. The third-order valence-corrected chi connectivity index (χ3v) is 12.9. The fourth-order valence-electron chi connectivity index (χ4n) is 8.63. The lowest BCUT2D eigenvalue weighted by molar-refractivity contribution is 1.28. The monoisotopic (exact) mass is 781 g/mol. The number of rotatable bonds is 8. The van der Waals surface area contributed by atoms with Crippen molar-refractivity contribution in [3.8, 4) is 55.6 Å². The number of anilines is 3. The van der Waals surface area contributed by atoms with Crippen molar-refractivity contribution >= 4 is 59.3 Å². The van der Waals surface area contributed by atoms with Crippen molar-refractivity contribution in [2.45, 2.75) is 0 Å². The van der Waals surface area contributed by atoms with E-state index in [0.29, 0.717) is 0 Å². The average molecular weight is 782 g/mol. The molecule has 0 N–H and O–H groups in total. The Kier molecular flexibility index (Phi) is 9.11. The third-order valence-electron chi connectivity index (χ3n) is 11.7. The van der Waals surface area contributed by atoms with Crippen molar-refractivity contribution in [2.24, 2.45) is 0 Å². The summed E-state index contributed by atoms with van der Waals surface area (Å²) in [6.07, 6.45) is 0. The van der Waals surface area contributed by atoms with Crippen LogP contribution in [0, 0.1) is 0 Å². The van der Waals surface area contributed by atoms with Crippen LogP contribution in [0.2, 0.25) is 0 Å². The summed E-state index contributed by atoms with van der Waals surface area (Å²) in [6.45, 7) is 0. The molecule has 0 aliphatic carbocycles. The maximum absolute atomic E-state index is 2.40. The molecular formula is C58H39NS. The fourth-order valence-corrected chi connectivity index (χ4v) is 9.87. The molecule has 1 aromatic heterocycles. The van der Waals surface area contributed by atoms with Gasteiger partial charge in [-0.05, 0) is 109 Å². The Morgan fingerprint density at radius 2 is 0.783 bits per heavy atom. The van der Waals surface area contributed by atoms with Gasteiger partial charge in [-0.25, -0.2) is 0 Å². The van der Waals surface area contributed by atoms with Crippen LogP contribution in [0.15, 0.2) is 237 Å². The van der Waals surface area contributed by atoms with E-state index in [2.05, 4.69) is 241 Å². The molecule has 0 spiro atoms.